The Hall–Kier alpha value is -1.52. The van der Waals surface area contributed by atoms with E-state index in [0.717, 1.165) is 25.3 Å². The molecule has 0 amide bonds. The summed E-state index contributed by atoms with van der Waals surface area (Å²) in [5.41, 5.74) is 2.63. The lowest BCUT2D eigenvalue weighted by atomic mass is 9.89. The van der Waals surface area contributed by atoms with Crippen molar-refractivity contribution in [2.75, 3.05) is 0 Å². The van der Waals surface area contributed by atoms with Crippen molar-refractivity contribution < 1.29 is 22.3 Å². The topological polar surface area (TPSA) is 9.23 Å². The predicted octanol–water partition coefficient (Wildman–Crippen LogP) is 6.41. The number of fused-ring (bicyclic) bond motifs is 1. The van der Waals surface area contributed by atoms with E-state index in [-0.39, 0.29) is 0 Å². The lowest BCUT2D eigenvalue weighted by Crippen LogP contribution is -2.18. The molecule has 0 radical (unpaired) electrons. The van der Waals surface area contributed by atoms with Crippen LogP contribution in [0.15, 0.2) is 17.7 Å². The summed E-state index contributed by atoms with van der Waals surface area (Å²) in [4.78, 5) is 0. The largest absolute Gasteiger partial charge is 0.573 e. The van der Waals surface area contributed by atoms with E-state index in [1.807, 2.05) is 6.08 Å². The van der Waals surface area contributed by atoms with Gasteiger partial charge in [0.1, 0.15) is 0 Å². The maximum absolute atomic E-state index is 13.8. The molecule has 0 saturated heterocycles. The second-order valence-corrected chi connectivity index (χ2v) is 6.00. The summed E-state index contributed by atoms with van der Waals surface area (Å²) in [5.74, 6) is -1.71. The van der Waals surface area contributed by atoms with E-state index in [0.29, 0.717) is 17.5 Å². The zero-order valence-electron chi connectivity index (χ0n) is 13.3. The van der Waals surface area contributed by atoms with Gasteiger partial charge in [0.25, 0.3) is 0 Å². The lowest BCUT2D eigenvalue weighted by molar-refractivity contribution is -0.275. The number of unbranched alkanes of at least 4 members (excludes halogenated alkanes) is 4. The number of rotatable bonds is 7. The molecule has 0 saturated carbocycles. The molecule has 0 spiro atoms. The van der Waals surface area contributed by atoms with E-state index in [9.17, 15) is 17.6 Å². The SMILES string of the molecule is CCCCCCCC1=Cc2cc(F)c(OC(F)(F)F)cc2CC1. The Morgan fingerprint density at radius 3 is 2.48 bits per heavy atom. The number of hydrogen-bond acceptors (Lipinski definition) is 1. The standard InChI is InChI=1S/C18H22F4O/c1-2-3-4-5-6-7-13-8-9-14-12-17(23-18(20,21)22)16(19)11-15(14)10-13/h10-12H,2-9H2,1H3. The highest BCUT2D eigenvalue weighted by Gasteiger charge is 2.32. The van der Waals surface area contributed by atoms with Crippen LogP contribution in [0.1, 0.15) is 63.0 Å². The fraction of sp³-hybridized carbons (Fsp3) is 0.556. The summed E-state index contributed by atoms with van der Waals surface area (Å²) in [5, 5.41) is 0. The van der Waals surface area contributed by atoms with Crippen molar-refractivity contribution >= 4 is 6.08 Å². The first-order valence-electron chi connectivity index (χ1n) is 8.16. The number of halogens is 4. The average Bonchev–Trinajstić information content (AvgIpc) is 2.46. The molecule has 1 aliphatic rings. The first kappa shape index (κ1) is 17.8. The maximum atomic E-state index is 13.8. The van der Waals surface area contributed by atoms with Gasteiger partial charge in [0.2, 0.25) is 0 Å². The van der Waals surface area contributed by atoms with Crippen molar-refractivity contribution in [1.29, 1.82) is 0 Å². The molecule has 128 valence electrons. The van der Waals surface area contributed by atoms with E-state index in [1.165, 1.54) is 37.3 Å². The first-order chi connectivity index (χ1) is 10.9. The fourth-order valence-electron chi connectivity index (χ4n) is 2.90. The monoisotopic (exact) mass is 330 g/mol. The Balaban J connectivity index is 2.02. The molecule has 2 rings (SSSR count). The summed E-state index contributed by atoms with van der Waals surface area (Å²) < 4.78 is 54.2. The van der Waals surface area contributed by atoms with Crippen molar-refractivity contribution in [2.24, 2.45) is 0 Å². The van der Waals surface area contributed by atoms with Gasteiger partial charge in [0, 0.05) is 0 Å². The molecule has 0 unspecified atom stereocenters. The number of ether oxygens (including phenoxy) is 1. The Morgan fingerprint density at radius 2 is 1.78 bits per heavy atom. The molecule has 1 aromatic carbocycles. The van der Waals surface area contributed by atoms with Gasteiger partial charge < -0.3 is 4.74 Å². The lowest BCUT2D eigenvalue weighted by Gasteiger charge is -2.19. The summed E-state index contributed by atoms with van der Waals surface area (Å²) in [7, 11) is 0. The summed E-state index contributed by atoms with van der Waals surface area (Å²) in [6.07, 6.45) is 5.44. The summed E-state index contributed by atoms with van der Waals surface area (Å²) in [6.45, 7) is 2.17. The van der Waals surface area contributed by atoms with Crippen LogP contribution in [0.4, 0.5) is 17.6 Å². The zero-order valence-corrected chi connectivity index (χ0v) is 13.3. The molecule has 1 aliphatic carbocycles. The Morgan fingerprint density at radius 1 is 1.04 bits per heavy atom. The number of alkyl halides is 3. The van der Waals surface area contributed by atoms with Crippen LogP contribution in [0.3, 0.4) is 0 Å². The van der Waals surface area contributed by atoms with Gasteiger partial charge in [0.05, 0.1) is 0 Å². The van der Waals surface area contributed by atoms with E-state index in [1.54, 1.807) is 0 Å². The van der Waals surface area contributed by atoms with Crippen LogP contribution in [0, 0.1) is 5.82 Å². The van der Waals surface area contributed by atoms with Gasteiger partial charge in [-0.15, -0.1) is 13.2 Å². The molecule has 0 heterocycles. The summed E-state index contributed by atoms with van der Waals surface area (Å²) in [6, 6.07) is 2.32. The van der Waals surface area contributed by atoms with Gasteiger partial charge in [-0.3, -0.25) is 0 Å². The molecule has 0 atom stereocenters. The molecule has 0 aromatic heterocycles. The Kier molecular flexibility index (Phi) is 6.08. The Bertz CT molecular complexity index is 561. The third kappa shape index (κ3) is 5.56. The van der Waals surface area contributed by atoms with Crippen LogP contribution in [-0.2, 0) is 6.42 Å². The molecule has 5 heteroatoms. The maximum Gasteiger partial charge on any atom is 0.573 e. The minimum atomic E-state index is -4.87. The number of aryl methyl sites for hydroxylation is 1. The van der Waals surface area contributed by atoms with E-state index in [4.69, 9.17) is 0 Å². The van der Waals surface area contributed by atoms with Gasteiger partial charge in [-0.25, -0.2) is 4.39 Å². The fourth-order valence-corrected chi connectivity index (χ4v) is 2.90. The van der Waals surface area contributed by atoms with Crippen LogP contribution in [-0.4, -0.2) is 6.36 Å². The van der Waals surface area contributed by atoms with Crippen molar-refractivity contribution in [1.82, 2.24) is 0 Å². The average molecular weight is 330 g/mol. The van der Waals surface area contributed by atoms with Crippen LogP contribution in [0.5, 0.6) is 5.75 Å². The number of allylic oxidation sites excluding steroid dienone is 1. The molecule has 0 N–H and O–H groups in total. The van der Waals surface area contributed by atoms with E-state index in [2.05, 4.69) is 11.7 Å². The van der Waals surface area contributed by atoms with Crippen LogP contribution < -0.4 is 4.74 Å². The van der Waals surface area contributed by atoms with Gasteiger partial charge in [0.15, 0.2) is 11.6 Å². The van der Waals surface area contributed by atoms with Crippen LogP contribution in [0.25, 0.3) is 6.08 Å². The Labute approximate surface area is 134 Å². The smallest absolute Gasteiger partial charge is 0.403 e. The minimum absolute atomic E-state index is 0.630. The second kappa shape index (κ2) is 7.84. The second-order valence-electron chi connectivity index (χ2n) is 6.00. The first-order valence-corrected chi connectivity index (χ1v) is 8.16. The number of benzene rings is 1. The molecule has 0 bridgehead atoms. The molecule has 0 aliphatic heterocycles. The van der Waals surface area contributed by atoms with E-state index >= 15 is 0 Å². The normalized spacial score (nSPS) is 14.4. The van der Waals surface area contributed by atoms with Crippen molar-refractivity contribution in [3.05, 3.63) is 34.6 Å². The van der Waals surface area contributed by atoms with Crippen LogP contribution >= 0.6 is 0 Å². The van der Waals surface area contributed by atoms with Crippen LogP contribution in [0.2, 0.25) is 0 Å². The van der Waals surface area contributed by atoms with Gasteiger partial charge >= 0.3 is 6.36 Å². The summed E-state index contributed by atoms with van der Waals surface area (Å²) >= 11 is 0. The number of hydrogen-bond donors (Lipinski definition) is 0. The molecule has 1 nitrogen and oxygen atoms in total. The molecule has 1 aromatic rings. The van der Waals surface area contributed by atoms with Crippen molar-refractivity contribution in [3.63, 3.8) is 0 Å². The third-order valence-electron chi connectivity index (χ3n) is 4.10. The molecular weight excluding hydrogens is 308 g/mol. The highest BCUT2D eigenvalue weighted by Crippen LogP contribution is 2.33. The predicted molar refractivity (Wildman–Crippen MR) is 82.8 cm³/mol. The zero-order chi connectivity index (χ0) is 16.9. The van der Waals surface area contributed by atoms with Gasteiger partial charge in [-0.05, 0) is 48.9 Å². The van der Waals surface area contributed by atoms with Crippen molar-refractivity contribution in [3.8, 4) is 5.75 Å². The van der Waals surface area contributed by atoms with Crippen molar-refractivity contribution in [2.45, 2.75) is 64.7 Å². The molecule has 23 heavy (non-hydrogen) atoms. The molecule has 0 fully saturated rings. The van der Waals surface area contributed by atoms with Gasteiger partial charge in [-0.1, -0.05) is 44.3 Å². The van der Waals surface area contributed by atoms with E-state index < -0.39 is 17.9 Å². The molecular formula is C18H22F4O. The quantitative estimate of drug-likeness (QED) is 0.414. The minimum Gasteiger partial charge on any atom is -0.403 e. The highest BCUT2D eigenvalue weighted by atomic mass is 19.4. The van der Waals surface area contributed by atoms with Gasteiger partial charge in [-0.2, -0.15) is 0 Å². The third-order valence-corrected chi connectivity index (χ3v) is 4.10. The highest BCUT2D eigenvalue weighted by molar-refractivity contribution is 5.61.